The first kappa shape index (κ1) is 27.1. The van der Waals surface area contributed by atoms with Crippen LogP contribution < -0.4 is 33.6 Å². The van der Waals surface area contributed by atoms with Crippen LogP contribution in [-0.4, -0.2) is 84.0 Å². The van der Waals surface area contributed by atoms with Crippen molar-refractivity contribution in [1.29, 1.82) is 0 Å². The molecule has 13 nitrogen and oxygen atoms in total. The topological polar surface area (TPSA) is 232 Å². The van der Waals surface area contributed by atoms with Crippen molar-refractivity contribution < 1.29 is 24.3 Å². The van der Waals surface area contributed by atoms with Crippen molar-refractivity contribution in [3.63, 3.8) is 0 Å². The number of rotatable bonds is 14. The van der Waals surface area contributed by atoms with E-state index in [-0.39, 0.29) is 24.8 Å². The van der Waals surface area contributed by atoms with Crippen molar-refractivity contribution in [3.8, 4) is 0 Å². The summed E-state index contributed by atoms with van der Waals surface area (Å²) in [5, 5.41) is 14.1. The minimum atomic E-state index is -1.15. The second-order valence-electron chi connectivity index (χ2n) is 7.71. The highest BCUT2D eigenvalue weighted by Crippen LogP contribution is 2.19. The summed E-state index contributed by atoms with van der Waals surface area (Å²) in [6.45, 7) is 0.800. The molecule has 1 rings (SSSR count). The van der Waals surface area contributed by atoms with Gasteiger partial charge in [0, 0.05) is 13.1 Å². The van der Waals surface area contributed by atoms with Gasteiger partial charge >= 0.3 is 5.97 Å². The maximum atomic E-state index is 12.7. The van der Waals surface area contributed by atoms with Gasteiger partial charge in [-0.25, -0.2) is 4.79 Å². The summed E-state index contributed by atoms with van der Waals surface area (Å²) in [5.74, 6) is -2.62. The Hall–Kier alpha value is -2.93. The third kappa shape index (κ3) is 9.47. The standard InChI is InChI=1S/C19H36N8O5/c20-8-2-1-6-13(18(31)32)26-15(28)11-25-16(29)14-7-4-10-27(14)17(30)12(21)5-3-9-24-19(22)23/h12-14H,1-11,20-21H2,(H,25,29)(H,26,28)(H,31,32)(H4,22,23,24). The average molecular weight is 457 g/mol. The molecule has 1 aliphatic rings. The third-order valence-electron chi connectivity index (χ3n) is 5.13. The Kier molecular flexibility index (Phi) is 12.0. The van der Waals surface area contributed by atoms with Gasteiger partial charge in [0.25, 0.3) is 0 Å². The molecule has 0 saturated carbocycles. The predicted octanol–water partition coefficient (Wildman–Crippen LogP) is -2.83. The third-order valence-corrected chi connectivity index (χ3v) is 5.13. The van der Waals surface area contributed by atoms with Crippen LogP contribution >= 0.6 is 0 Å². The quantitative estimate of drug-likeness (QED) is 0.0809. The molecule has 0 bridgehead atoms. The first-order valence-corrected chi connectivity index (χ1v) is 10.8. The zero-order valence-corrected chi connectivity index (χ0v) is 18.3. The molecule has 1 aliphatic heterocycles. The minimum Gasteiger partial charge on any atom is -0.480 e. The number of carbonyl (C=O) groups is 4. The lowest BCUT2D eigenvalue weighted by atomic mass is 10.1. The summed E-state index contributed by atoms with van der Waals surface area (Å²) in [4.78, 5) is 53.8. The molecule has 3 atom stereocenters. The molecule has 1 fully saturated rings. The number of unbranched alkanes of at least 4 members (excludes halogenated alkanes) is 1. The number of carbonyl (C=O) groups excluding carboxylic acids is 3. The summed E-state index contributed by atoms with van der Waals surface area (Å²) in [5.41, 5.74) is 21.9. The molecule has 0 spiro atoms. The first-order valence-electron chi connectivity index (χ1n) is 10.8. The fourth-order valence-electron chi connectivity index (χ4n) is 3.44. The SMILES string of the molecule is NCCCCC(NC(=O)CNC(=O)C1CCCN1C(=O)C(N)CCCN=C(N)N)C(=O)O. The molecule has 11 N–H and O–H groups in total. The highest BCUT2D eigenvalue weighted by molar-refractivity contribution is 5.93. The molecule has 0 aliphatic carbocycles. The average Bonchev–Trinajstić information content (AvgIpc) is 3.23. The van der Waals surface area contributed by atoms with Gasteiger partial charge in [-0.1, -0.05) is 0 Å². The van der Waals surface area contributed by atoms with E-state index < -0.39 is 35.9 Å². The van der Waals surface area contributed by atoms with Crippen molar-refractivity contribution in [3.05, 3.63) is 0 Å². The van der Waals surface area contributed by atoms with Gasteiger partial charge in [0.1, 0.15) is 12.1 Å². The largest absolute Gasteiger partial charge is 0.480 e. The van der Waals surface area contributed by atoms with Crippen molar-refractivity contribution in [2.45, 2.75) is 63.1 Å². The van der Waals surface area contributed by atoms with Gasteiger partial charge in [-0.05, 0) is 51.5 Å². The highest BCUT2D eigenvalue weighted by Gasteiger charge is 2.36. The number of carboxylic acids is 1. The number of aliphatic imine (C=N–C) groups is 1. The van der Waals surface area contributed by atoms with Crippen molar-refractivity contribution in [2.24, 2.45) is 27.9 Å². The number of guanidine groups is 1. The lowest BCUT2D eigenvalue weighted by Crippen LogP contribution is -2.53. The fourth-order valence-corrected chi connectivity index (χ4v) is 3.44. The Morgan fingerprint density at radius 3 is 2.47 bits per heavy atom. The lowest BCUT2D eigenvalue weighted by Gasteiger charge is -2.26. The van der Waals surface area contributed by atoms with Crippen LogP contribution in [0.5, 0.6) is 0 Å². The summed E-state index contributed by atoms with van der Waals surface area (Å²) < 4.78 is 0. The number of aliphatic carboxylic acids is 1. The maximum absolute atomic E-state index is 12.7. The lowest BCUT2D eigenvalue weighted by molar-refractivity contribution is -0.142. The van der Waals surface area contributed by atoms with Crippen LogP contribution in [0, 0.1) is 0 Å². The van der Waals surface area contributed by atoms with Crippen LogP contribution in [0.1, 0.15) is 44.9 Å². The zero-order valence-electron chi connectivity index (χ0n) is 18.3. The number of nitrogens with zero attached hydrogens (tertiary/aromatic N) is 2. The van der Waals surface area contributed by atoms with Gasteiger partial charge in [0.2, 0.25) is 17.7 Å². The number of amides is 3. The monoisotopic (exact) mass is 456 g/mol. The van der Waals surface area contributed by atoms with E-state index in [4.69, 9.17) is 22.9 Å². The van der Waals surface area contributed by atoms with E-state index in [1.807, 2.05) is 0 Å². The van der Waals surface area contributed by atoms with Crippen LogP contribution in [0.3, 0.4) is 0 Å². The molecule has 0 radical (unpaired) electrons. The normalized spacial score (nSPS) is 17.3. The van der Waals surface area contributed by atoms with Crippen molar-refractivity contribution in [1.82, 2.24) is 15.5 Å². The molecule has 0 aromatic rings. The summed E-state index contributed by atoms with van der Waals surface area (Å²) in [6, 6.07) is -2.56. The van der Waals surface area contributed by atoms with Gasteiger partial charge in [-0.15, -0.1) is 0 Å². The second kappa shape index (κ2) is 14.2. The Morgan fingerprint density at radius 1 is 1.12 bits per heavy atom. The van der Waals surface area contributed by atoms with Gasteiger partial charge in [0.15, 0.2) is 5.96 Å². The molecular formula is C19H36N8O5. The van der Waals surface area contributed by atoms with Gasteiger partial charge in [0.05, 0.1) is 12.6 Å². The molecule has 13 heteroatoms. The smallest absolute Gasteiger partial charge is 0.326 e. The molecule has 1 saturated heterocycles. The number of nitrogens with two attached hydrogens (primary N) is 4. The molecule has 1 heterocycles. The first-order chi connectivity index (χ1) is 15.2. The van der Waals surface area contributed by atoms with Crippen LogP contribution in [0.2, 0.25) is 0 Å². The van der Waals surface area contributed by atoms with Crippen LogP contribution in [0.4, 0.5) is 0 Å². The Bertz CT molecular complexity index is 683. The number of nitrogens with one attached hydrogen (secondary N) is 2. The van der Waals surface area contributed by atoms with E-state index in [0.717, 1.165) is 0 Å². The van der Waals surface area contributed by atoms with E-state index in [0.29, 0.717) is 58.2 Å². The Labute approximate surface area is 187 Å². The molecular weight excluding hydrogens is 420 g/mol. The number of hydrogen-bond acceptors (Lipinski definition) is 7. The fraction of sp³-hybridized carbons (Fsp3) is 0.737. The van der Waals surface area contributed by atoms with E-state index in [2.05, 4.69) is 15.6 Å². The number of hydrogen-bond donors (Lipinski definition) is 7. The predicted molar refractivity (Wildman–Crippen MR) is 118 cm³/mol. The van der Waals surface area contributed by atoms with Crippen molar-refractivity contribution in [2.75, 3.05) is 26.2 Å². The van der Waals surface area contributed by atoms with E-state index in [1.165, 1.54) is 4.90 Å². The van der Waals surface area contributed by atoms with Crippen molar-refractivity contribution >= 4 is 29.7 Å². The van der Waals surface area contributed by atoms with E-state index >= 15 is 0 Å². The molecule has 3 unspecified atom stereocenters. The number of carboxylic acid groups (broad SMARTS) is 1. The second-order valence-corrected chi connectivity index (χ2v) is 7.71. The van der Waals surface area contributed by atoms with Gasteiger partial charge in [-0.3, -0.25) is 19.4 Å². The van der Waals surface area contributed by atoms with Crippen LogP contribution in [0.15, 0.2) is 4.99 Å². The zero-order chi connectivity index (χ0) is 24.1. The maximum Gasteiger partial charge on any atom is 0.326 e. The molecule has 0 aromatic heterocycles. The van der Waals surface area contributed by atoms with Gasteiger partial charge < -0.3 is 43.6 Å². The van der Waals surface area contributed by atoms with Crippen LogP contribution in [0.25, 0.3) is 0 Å². The summed E-state index contributed by atoms with van der Waals surface area (Å²) in [7, 11) is 0. The van der Waals surface area contributed by atoms with E-state index in [9.17, 15) is 24.3 Å². The molecule has 3 amide bonds. The Balaban J connectivity index is 2.51. The molecule has 32 heavy (non-hydrogen) atoms. The molecule has 182 valence electrons. The highest BCUT2D eigenvalue weighted by atomic mass is 16.4. The van der Waals surface area contributed by atoms with Crippen LogP contribution in [-0.2, 0) is 19.2 Å². The Morgan fingerprint density at radius 2 is 1.84 bits per heavy atom. The summed E-state index contributed by atoms with van der Waals surface area (Å²) in [6.07, 6.45) is 3.44. The minimum absolute atomic E-state index is 0.0320. The van der Waals surface area contributed by atoms with E-state index in [1.54, 1.807) is 0 Å². The summed E-state index contributed by atoms with van der Waals surface area (Å²) >= 11 is 0. The van der Waals surface area contributed by atoms with Gasteiger partial charge in [-0.2, -0.15) is 0 Å². The molecule has 0 aromatic carbocycles. The number of likely N-dealkylation sites (tertiary alicyclic amines) is 1.